The Morgan fingerprint density at radius 1 is 1.18 bits per heavy atom. The van der Waals surface area contributed by atoms with Gasteiger partial charge in [-0.05, 0) is 36.4 Å². The second kappa shape index (κ2) is 7.93. The summed E-state index contributed by atoms with van der Waals surface area (Å²) in [6.45, 7) is -0.170. The third-order valence-electron chi connectivity index (χ3n) is 4.90. The molecule has 1 aromatic carbocycles. The molecule has 2 N–H and O–H groups in total. The number of amides is 2. The van der Waals surface area contributed by atoms with Crippen LogP contribution in [-0.2, 0) is 11.3 Å². The lowest BCUT2D eigenvalue weighted by Crippen LogP contribution is -2.33. The van der Waals surface area contributed by atoms with Gasteiger partial charge in [0.2, 0.25) is 5.91 Å². The first-order valence-electron chi connectivity index (χ1n) is 9.24. The molecule has 4 rings (SSSR count). The molecule has 0 bridgehead atoms. The van der Waals surface area contributed by atoms with Gasteiger partial charge in [-0.1, -0.05) is 25.0 Å². The van der Waals surface area contributed by atoms with Gasteiger partial charge in [-0.3, -0.25) is 19.0 Å². The van der Waals surface area contributed by atoms with Gasteiger partial charge in [0.05, 0.1) is 23.0 Å². The van der Waals surface area contributed by atoms with Crippen LogP contribution in [0.4, 0.5) is 5.69 Å². The van der Waals surface area contributed by atoms with Gasteiger partial charge in [-0.25, -0.2) is 4.98 Å². The molecule has 1 aliphatic carbocycles. The fourth-order valence-corrected chi connectivity index (χ4v) is 4.20. The highest BCUT2D eigenvalue weighted by Gasteiger charge is 2.20. The summed E-state index contributed by atoms with van der Waals surface area (Å²) in [5, 5.41) is 8.07. The Labute approximate surface area is 165 Å². The van der Waals surface area contributed by atoms with Crippen molar-refractivity contribution >= 4 is 39.1 Å². The van der Waals surface area contributed by atoms with E-state index >= 15 is 0 Å². The zero-order chi connectivity index (χ0) is 19.5. The topological polar surface area (TPSA) is 93.1 Å². The number of nitrogens with zero attached hydrogens (tertiary/aromatic N) is 2. The molecule has 0 radical (unpaired) electrons. The summed E-state index contributed by atoms with van der Waals surface area (Å²) < 4.78 is 1.27. The highest BCUT2D eigenvalue weighted by Crippen LogP contribution is 2.20. The van der Waals surface area contributed by atoms with Crippen LogP contribution in [0.3, 0.4) is 0 Å². The number of carbonyl (C=O) groups excluding carboxylic acids is 2. The zero-order valence-electron chi connectivity index (χ0n) is 15.2. The lowest BCUT2D eigenvalue weighted by atomic mass is 10.1. The first-order valence-corrected chi connectivity index (χ1v) is 10.1. The number of hydrogen-bond acceptors (Lipinski definition) is 5. The van der Waals surface area contributed by atoms with Gasteiger partial charge < -0.3 is 10.6 Å². The van der Waals surface area contributed by atoms with Gasteiger partial charge in [0.15, 0.2) is 0 Å². The minimum absolute atomic E-state index is 0.170. The number of aromatic nitrogens is 2. The van der Waals surface area contributed by atoms with Crippen LogP contribution in [0.15, 0.2) is 46.8 Å². The molecule has 2 aromatic heterocycles. The Morgan fingerprint density at radius 2 is 1.96 bits per heavy atom. The summed E-state index contributed by atoms with van der Waals surface area (Å²) in [4.78, 5) is 42.4. The minimum Gasteiger partial charge on any atom is -0.349 e. The van der Waals surface area contributed by atoms with E-state index in [4.69, 9.17) is 0 Å². The Kier molecular flexibility index (Phi) is 5.21. The lowest BCUT2D eigenvalue weighted by molar-refractivity contribution is -0.116. The van der Waals surface area contributed by atoms with Crippen LogP contribution in [0.1, 0.15) is 36.0 Å². The van der Waals surface area contributed by atoms with Gasteiger partial charge >= 0.3 is 0 Å². The summed E-state index contributed by atoms with van der Waals surface area (Å²) in [6.07, 6.45) is 5.60. The number of carbonyl (C=O) groups is 2. The molecule has 28 heavy (non-hydrogen) atoms. The zero-order valence-corrected chi connectivity index (χ0v) is 16.0. The van der Waals surface area contributed by atoms with Gasteiger partial charge in [0, 0.05) is 6.04 Å². The maximum Gasteiger partial charge on any atom is 0.262 e. The first-order chi connectivity index (χ1) is 13.6. The molecule has 1 saturated carbocycles. The molecule has 0 unspecified atom stereocenters. The Morgan fingerprint density at radius 3 is 2.79 bits per heavy atom. The van der Waals surface area contributed by atoms with E-state index in [-0.39, 0.29) is 30.0 Å². The monoisotopic (exact) mass is 396 g/mol. The van der Waals surface area contributed by atoms with Gasteiger partial charge in [0.25, 0.3) is 11.5 Å². The average Bonchev–Trinajstić information content (AvgIpc) is 3.36. The summed E-state index contributed by atoms with van der Waals surface area (Å²) in [6, 6.07) is 8.78. The molecule has 2 amide bonds. The number of thiophene rings is 1. The van der Waals surface area contributed by atoms with Crippen molar-refractivity contribution in [3.05, 3.63) is 58.0 Å². The van der Waals surface area contributed by atoms with Crippen molar-refractivity contribution in [2.75, 3.05) is 5.32 Å². The van der Waals surface area contributed by atoms with E-state index in [1.807, 2.05) is 0 Å². The second-order valence-corrected chi connectivity index (χ2v) is 7.76. The van der Waals surface area contributed by atoms with Crippen molar-refractivity contribution in [3.8, 4) is 0 Å². The largest absolute Gasteiger partial charge is 0.349 e. The van der Waals surface area contributed by atoms with E-state index in [2.05, 4.69) is 15.6 Å². The third-order valence-corrected chi connectivity index (χ3v) is 5.72. The molecular weight excluding hydrogens is 376 g/mol. The molecule has 144 valence electrons. The van der Waals surface area contributed by atoms with Crippen molar-refractivity contribution in [1.82, 2.24) is 14.9 Å². The summed E-state index contributed by atoms with van der Waals surface area (Å²) in [7, 11) is 0. The van der Waals surface area contributed by atoms with Crippen LogP contribution in [0.25, 0.3) is 10.2 Å². The smallest absolute Gasteiger partial charge is 0.262 e. The SMILES string of the molecule is O=C(Cn1cnc2sccc2c1=O)Nc1ccccc1C(=O)NC1CCCC1. The van der Waals surface area contributed by atoms with E-state index in [0.29, 0.717) is 21.5 Å². The Hall–Kier alpha value is -3.00. The summed E-state index contributed by atoms with van der Waals surface area (Å²) >= 11 is 1.38. The molecular formula is C20H20N4O3S. The minimum atomic E-state index is -0.389. The van der Waals surface area contributed by atoms with E-state index in [1.54, 1.807) is 35.7 Å². The van der Waals surface area contributed by atoms with Crippen molar-refractivity contribution in [2.24, 2.45) is 0 Å². The molecule has 0 atom stereocenters. The quantitative estimate of drug-likeness (QED) is 0.694. The first kappa shape index (κ1) is 18.4. The van der Waals surface area contributed by atoms with Gasteiger partial charge in [0.1, 0.15) is 11.4 Å². The number of nitrogens with one attached hydrogen (secondary N) is 2. The van der Waals surface area contributed by atoms with Gasteiger partial charge in [-0.15, -0.1) is 11.3 Å². The molecule has 2 heterocycles. The third kappa shape index (κ3) is 3.82. The molecule has 0 saturated heterocycles. The molecule has 1 aliphatic rings. The number of para-hydroxylation sites is 1. The Bertz CT molecular complexity index is 1080. The number of anilines is 1. The van der Waals surface area contributed by atoms with Crippen LogP contribution in [-0.4, -0.2) is 27.4 Å². The fraction of sp³-hybridized carbons (Fsp3) is 0.300. The number of fused-ring (bicyclic) bond motifs is 1. The second-order valence-electron chi connectivity index (χ2n) is 6.87. The molecule has 0 aliphatic heterocycles. The maximum atomic E-state index is 12.6. The van der Waals surface area contributed by atoms with Crippen molar-refractivity contribution in [3.63, 3.8) is 0 Å². The average molecular weight is 396 g/mol. The number of benzene rings is 1. The highest BCUT2D eigenvalue weighted by molar-refractivity contribution is 7.16. The van der Waals surface area contributed by atoms with Crippen LogP contribution < -0.4 is 16.2 Å². The standard InChI is InChI=1S/C20H20N4O3S/c25-17(11-24-12-21-19-15(20(24)27)9-10-28-19)23-16-8-4-3-7-14(16)18(26)22-13-5-1-2-6-13/h3-4,7-10,12-13H,1-2,5-6,11H2,(H,22,26)(H,23,25). The van der Waals surface area contributed by atoms with E-state index < -0.39 is 0 Å². The predicted octanol–water partition coefficient (Wildman–Crippen LogP) is 2.77. The number of rotatable bonds is 5. The fourth-order valence-electron chi connectivity index (χ4n) is 3.47. The van der Waals surface area contributed by atoms with E-state index in [9.17, 15) is 14.4 Å². The van der Waals surface area contributed by atoms with Crippen LogP contribution in [0.2, 0.25) is 0 Å². The molecule has 3 aromatic rings. The van der Waals surface area contributed by atoms with E-state index in [0.717, 1.165) is 25.7 Å². The van der Waals surface area contributed by atoms with Crippen molar-refractivity contribution in [2.45, 2.75) is 38.3 Å². The molecule has 0 spiro atoms. The lowest BCUT2D eigenvalue weighted by Gasteiger charge is -2.15. The summed E-state index contributed by atoms with van der Waals surface area (Å²) in [5.74, 6) is -0.582. The van der Waals surface area contributed by atoms with Gasteiger partial charge in [-0.2, -0.15) is 0 Å². The van der Waals surface area contributed by atoms with Crippen LogP contribution in [0.5, 0.6) is 0 Å². The number of hydrogen-bond donors (Lipinski definition) is 2. The van der Waals surface area contributed by atoms with E-state index in [1.165, 1.54) is 22.2 Å². The molecule has 1 fully saturated rings. The van der Waals surface area contributed by atoms with Crippen LogP contribution >= 0.6 is 11.3 Å². The van der Waals surface area contributed by atoms with Crippen molar-refractivity contribution in [1.29, 1.82) is 0 Å². The molecule has 7 nitrogen and oxygen atoms in total. The van der Waals surface area contributed by atoms with Crippen LogP contribution in [0, 0.1) is 0 Å². The maximum absolute atomic E-state index is 12.6. The molecule has 8 heteroatoms. The predicted molar refractivity (Wildman–Crippen MR) is 109 cm³/mol. The summed E-state index contributed by atoms with van der Waals surface area (Å²) in [5.41, 5.74) is 0.593. The van der Waals surface area contributed by atoms with Crippen molar-refractivity contribution < 1.29 is 9.59 Å². The highest BCUT2D eigenvalue weighted by atomic mass is 32.1. The Balaban J connectivity index is 1.49. The normalized spacial score (nSPS) is 14.3.